The maximum Gasteiger partial charge on any atom is 0.140 e. The standard InChI is InChI=1S/C26H38O2/c27-25(23-26-21-16-22-28-26)20-15-10-8-6-4-2-1-3-5-7-9-12-17-24-18-13-11-14-19-24/h11,13-14,16,18-19,21-22H,1-10,12,15,17,20,23H2. The van der Waals surface area contributed by atoms with E-state index >= 15 is 0 Å². The molecule has 0 radical (unpaired) electrons. The van der Waals surface area contributed by atoms with E-state index in [0.717, 1.165) is 12.2 Å². The van der Waals surface area contributed by atoms with Crippen LogP contribution >= 0.6 is 0 Å². The van der Waals surface area contributed by atoms with E-state index in [9.17, 15) is 4.79 Å². The van der Waals surface area contributed by atoms with Crippen LogP contribution in [0.15, 0.2) is 53.1 Å². The highest BCUT2D eigenvalue weighted by atomic mass is 16.3. The molecule has 2 nitrogen and oxygen atoms in total. The van der Waals surface area contributed by atoms with Gasteiger partial charge in [0.25, 0.3) is 0 Å². The van der Waals surface area contributed by atoms with Gasteiger partial charge in [-0.15, -0.1) is 0 Å². The molecule has 2 rings (SSSR count). The SMILES string of the molecule is O=C(CCCCCCCCCCCCCCc1ccccc1)Cc1ccco1. The molecule has 1 heterocycles. The Hall–Kier alpha value is -1.83. The Labute approximate surface area is 171 Å². The number of hydrogen-bond donors (Lipinski definition) is 0. The predicted molar refractivity (Wildman–Crippen MR) is 118 cm³/mol. The molecule has 1 aromatic heterocycles. The van der Waals surface area contributed by atoms with Gasteiger partial charge in [-0.25, -0.2) is 0 Å². The summed E-state index contributed by atoms with van der Waals surface area (Å²) in [5, 5.41) is 0. The van der Waals surface area contributed by atoms with Gasteiger partial charge < -0.3 is 4.42 Å². The first-order chi connectivity index (χ1) is 13.8. The normalized spacial score (nSPS) is 11.0. The minimum absolute atomic E-state index is 0.304. The van der Waals surface area contributed by atoms with Crippen molar-refractivity contribution in [3.8, 4) is 0 Å². The zero-order valence-electron chi connectivity index (χ0n) is 17.5. The molecule has 0 saturated carbocycles. The zero-order chi connectivity index (χ0) is 19.7. The average molecular weight is 383 g/mol. The lowest BCUT2D eigenvalue weighted by Crippen LogP contribution is -2.01. The number of unbranched alkanes of at least 4 members (excludes halogenated alkanes) is 11. The highest BCUT2D eigenvalue weighted by Gasteiger charge is 2.05. The van der Waals surface area contributed by atoms with Crippen molar-refractivity contribution in [3.63, 3.8) is 0 Å². The second kappa shape index (κ2) is 15.1. The van der Waals surface area contributed by atoms with Crippen LogP contribution in [0, 0.1) is 0 Å². The van der Waals surface area contributed by atoms with E-state index in [4.69, 9.17) is 4.42 Å². The van der Waals surface area contributed by atoms with Gasteiger partial charge in [-0.05, 0) is 37.0 Å². The van der Waals surface area contributed by atoms with Crippen molar-refractivity contribution in [2.24, 2.45) is 0 Å². The quantitative estimate of drug-likeness (QED) is 0.262. The fourth-order valence-corrected chi connectivity index (χ4v) is 3.76. The second-order valence-electron chi connectivity index (χ2n) is 8.02. The smallest absolute Gasteiger partial charge is 0.140 e. The van der Waals surface area contributed by atoms with E-state index in [1.807, 2.05) is 12.1 Å². The van der Waals surface area contributed by atoms with E-state index in [1.165, 1.54) is 82.6 Å². The number of benzene rings is 1. The molecule has 0 amide bonds. The van der Waals surface area contributed by atoms with Crippen molar-refractivity contribution < 1.29 is 9.21 Å². The maximum atomic E-state index is 11.8. The predicted octanol–water partition coefficient (Wildman–Crippen LogP) is 7.71. The summed E-state index contributed by atoms with van der Waals surface area (Å²) in [5.41, 5.74) is 1.48. The first-order valence-corrected chi connectivity index (χ1v) is 11.4. The van der Waals surface area contributed by atoms with Crippen LogP contribution in [0.1, 0.15) is 94.8 Å². The maximum absolute atomic E-state index is 11.8. The highest BCUT2D eigenvalue weighted by Crippen LogP contribution is 2.14. The Morgan fingerprint density at radius 3 is 1.79 bits per heavy atom. The second-order valence-corrected chi connectivity index (χ2v) is 8.02. The Morgan fingerprint density at radius 1 is 0.643 bits per heavy atom. The molecule has 0 atom stereocenters. The third-order valence-corrected chi connectivity index (χ3v) is 5.47. The summed E-state index contributed by atoms with van der Waals surface area (Å²) in [6.45, 7) is 0. The molecule has 0 unspecified atom stereocenters. The van der Waals surface area contributed by atoms with E-state index in [-0.39, 0.29) is 0 Å². The van der Waals surface area contributed by atoms with E-state index < -0.39 is 0 Å². The Balaban J connectivity index is 1.28. The summed E-state index contributed by atoms with van der Waals surface area (Å²) in [5.74, 6) is 1.10. The number of hydrogen-bond acceptors (Lipinski definition) is 2. The molecule has 2 heteroatoms. The molecule has 0 aliphatic rings. The van der Waals surface area contributed by atoms with Gasteiger partial charge in [-0.3, -0.25) is 4.79 Å². The van der Waals surface area contributed by atoms with Crippen LogP contribution in [0.3, 0.4) is 0 Å². The molecule has 2 aromatic rings. The summed E-state index contributed by atoms with van der Waals surface area (Å²) >= 11 is 0. The van der Waals surface area contributed by atoms with Crippen LogP contribution in [0.5, 0.6) is 0 Å². The summed E-state index contributed by atoms with van der Waals surface area (Å²) < 4.78 is 5.22. The highest BCUT2D eigenvalue weighted by molar-refractivity contribution is 5.80. The van der Waals surface area contributed by atoms with Crippen LogP contribution < -0.4 is 0 Å². The minimum Gasteiger partial charge on any atom is -0.469 e. The molecule has 154 valence electrons. The number of carbonyl (C=O) groups excluding carboxylic acids is 1. The fourth-order valence-electron chi connectivity index (χ4n) is 3.76. The summed E-state index contributed by atoms with van der Waals surface area (Å²) in [7, 11) is 0. The molecule has 0 saturated heterocycles. The van der Waals surface area contributed by atoms with Crippen LogP contribution in [-0.2, 0) is 17.6 Å². The fraction of sp³-hybridized carbons (Fsp3) is 0.577. The Morgan fingerprint density at radius 2 is 1.21 bits per heavy atom. The molecule has 0 fully saturated rings. The van der Waals surface area contributed by atoms with Crippen molar-refractivity contribution in [1.82, 2.24) is 0 Å². The summed E-state index contributed by atoms with van der Waals surface area (Å²) in [6, 6.07) is 14.6. The van der Waals surface area contributed by atoms with Gasteiger partial charge in [0.1, 0.15) is 11.5 Å². The van der Waals surface area contributed by atoms with Crippen LogP contribution in [0.4, 0.5) is 0 Å². The van der Waals surface area contributed by atoms with Crippen LogP contribution in [0.2, 0.25) is 0 Å². The molecule has 0 aliphatic heterocycles. The monoisotopic (exact) mass is 382 g/mol. The van der Waals surface area contributed by atoms with Crippen molar-refractivity contribution in [2.75, 3.05) is 0 Å². The Bertz CT molecular complexity index is 601. The number of carbonyl (C=O) groups is 1. The number of rotatable bonds is 17. The number of ketones is 1. The lowest BCUT2D eigenvalue weighted by Gasteiger charge is -2.04. The first kappa shape index (κ1) is 22.5. The molecular formula is C26H38O2. The molecule has 0 bridgehead atoms. The molecular weight excluding hydrogens is 344 g/mol. The van der Waals surface area contributed by atoms with E-state index in [0.29, 0.717) is 18.6 Å². The van der Waals surface area contributed by atoms with Gasteiger partial charge in [0.05, 0.1) is 12.7 Å². The van der Waals surface area contributed by atoms with E-state index in [2.05, 4.69) is 30.3 Å². The lowest BCUT2D eigenvalue weighted by atomic mass is 10.0. The zero-order valence-corrected chi connectivity index (χ0v) is 17.5. The van der Waals surface area contributed by atoms with Gasteiger partial charge in [0, 0.05) is 6.42 Å². The third-order valence-electron chi connectivity index (χ3n) is 5.47. The lowest BCUT2D eigenvalue weighted by molar-refractivity contribution is -0.118. The van der Waals surface area contributed by atoms with Gasteiger partial charge in [0.2, 0.25) is 0 Å². The van der Waals surface area contributed by atoms with Crippen molar-refractivity contribution in [1.29, 1.82) is 0 Å². The molecule has 1 aromatic carbocycles. The van der Waals surface area contributed by atoms with Gasteiger partial charge >= 0.3 is 0 Å². The van der Waals surface area contributed by atoms with E-state index in [1.54, 1.807) is 6.26 Å². The van der Waals surface area contributed by atoms with Crippen LogP contribution in [0.25, 0.3) is 0 Å². The molecule has 28 heavy (non-hydrogen) atoms. The van der Waals surface area contributed by atoms with Gasteiger partial charge in [0.15, 0.2) is 0 Å². The third kappa shape index (κ3) is 11.1. The van der Waals surface area contributed by atoms with Crippen molar-refractivity contribution in [2.45, 2.75) is 96.3 Å². The molecule has 0 aliphatic carbocycles. The minimum atomic E-state index is 0.304. The summed E-state index contributed by atoms with van der Waals surface area (Å²) in [4.78, 5) is 11.8. The van der Waals surface area contributed by atoms with Crippen molar-refractivity contribution in [3.05, 3.63) is 60.1 Å². The van der Waals surface area contributed by atoms with Crippen LogP contribution in [-0.4, -0.2) is 5.78 Å². The van der Waals surface area contributed by atoms with Gasteiger partial charge in [-0.1, -0.05) is 94.5 Å². The topological polar surface area (TPSA) is 30.2 Å². The largest absolute Gasteiger partial charge is 0.469 e. The summed E-state index contributed by atoms with van der Waals surface area (Å²) in [6.07, 6.45) is 19.8. The number of Topliss-reactive ketones (excluding diaryl/α,β-unsaturated/α-hetero) is 1. The van der Waals surface area contributed by atoms with Gasteiger partial charge in [-0.2, -0.15) is 0 Å². The molecule has 0 spiro atoms. The number of furan rings is 1. The number of aryl methyl sites for hydroxylation is 1. The molecule has 0 N–H and O–H groups in total. The average Bonchev–Trinajstić information content (AvgIpc) is 3.22. The van der Waals surface area contributed by atoms with Crippen molar-refractivity contribution >= 4 is 5.78 Å². The first-order valence-electron chi connectivity index (χ1n) is 11.4. The Kier molecular flexibility index (Phi) is 12.1.